The molecule has 0 saturated carbocycles. The van der Waals surface area contributed by atoms with Crippen molar-refractivity contribution in [3.8, 4) is 5.75 Å². The molecule has 0 unspecified atom stereocenters. The predicted molar refractivity (Wildman–Crippen MR) is 110 cm³/mol. The Balaban J connectivity index is 1.78. The van der Waals surface area contributed by atoms with Crippen LogP contribution in [-0.4, -0.2) is 12.6 Å². The fourth-order valence-corrected chi connectivity index (χ4v) is 3.98. The molecule has 2 aromatic carbocycles. The number of fused-ring (bicyclic) bond motifs is 3. The first kappa shape index (κ1) is 19.2. The highest BCUT2D eigenvalue weighted by Crippen LogP contribution is 2.34. The van der Waals surface area contributed by atoms with Gasteiger partial charge >= 0.3 is 11.6 Å². The molecule has 1 aromatic heterocycles. The number of hydrogen-bond donors (Lipinski definition) is 0. The summed E-state index contributed by atoms with van der Waals surface area (Å²) in [6, 6.07) is 13.0. The van der Waals surface area contributed by atoms with Gasteiger partial charge in [0.25, 0.3) is 0 Å². The molecule has 1 aliphatic carbocycles. The lowest BCUT2D eigenvalue weighted by atomic mass is 9.90. The van der Waals surface area contributed by atoms with E-state index in [-0.39, 0.29) is 12.2 Å². The van der Waals surface area contributed by atoms with Crippen molar-refractivity contribution in [3.63, 3.8) is 0 Å². The van der Waals surface area contributed by atoms with Gasteiger partial charge < -0.3 is 13.9 Å². The van der Waals surface area contributed by atoms with E-state index >= 15 is 0 Å². The van der Waals surface area contributed by atoms with Crippen molar-refractivity contribution in [2.24, 2.45) is 0 Å². The van der Waals surface area contributed by atoms with E-state index in [0.29, 0.717) is 22.5 Å². The van der Waals surface area contributed by atoms with E-state index in [4.69, 9.17) is 13.9 Å². The zero-order valence-electron chi connectivity index (χ0n) is 16.7. The molecule has 1 aliphatic rings. The van der Waals surface area contributed by atoms with Gasteiger partial charge in [0.15, 0.2) is 0 Å². The van der Waals surface area contributed by atoms with Crippen LogP contribution in [0.1, 0.15) is 48.1 Å². The van der Waals surface area contributed by atoms with E-state index < -0.39 is 12.1 Å². The smallest absolute Gasteiger partial charge is 0.352 e. The van der Waals surface area contributed by atoms with Crippen LogP contribution in [0.15, 0.2) is 51.7 Å². The van der Waals surface area contributed by atoms with Crippen molar-refractivity contribution in [1.82, 2.24) is 0 Å². The monoisotopic (exact) mass is 392 g/mol. The van der Waals surface area contributed by atoms with Crippen LogP contribution in [0.2, 0.25) is 0 Å². The molecule has 29 heavy (non-hydrogen) atoms. The molecule has 4 rings (SSSR count). The highest BCUT2D eigenvalue weighted by Gasteiger charge is 2.26. The first-order valence-corrected chi connectivity index (χ1v) is 10.1. The Labute approximate surface area is 169 Å². The van der Waals surface area contributed by atoms with E-state index in [2.05, 4.69) is 0 Å². The standard InChI is InChI=1S/C24H24O5/c1-3-27-24(26)22(16-9-5-4-6-10-16)28-20-14-13-18-17-11-7-8-12-19(17)23(25)29-21(18)15(20)2/h4-6,9-10,13-14,22H,3,7-8,11-12H2,1-2H3/t22-/m1/s1. The van der Waals surface area contributed by atoms with Gasteiger partial charge in [0.2, 0.25) is 6.10 Å². The van der Waals surface area contributed by atoms with Gasteiger partial charge in [-0.3, -0.25) is 0 Å². The summed E-state index contributed by atoms with van der Waals surface area (Å²) in [7, 11) is 0. The number of rotatable bonds is 5. The molecule has 150 valence electrons. The van der Waals surface area contributed by atoms with Gasteiger partial charge in [0.1, 0.15) is 11.3 Å². The minimum atomic E-state index is -0.892. The maximum atomic E-state index is 12.5. The summed E-state index contributed by atoms with van der Waals surface area (Å²) < 4.78 is 17.0. The number of carbonyl (C=O) groups excluding carboxylic acids is 1. The van der Waals surface area contributed by atoms with Crippen LogP contribution >= 0.6 is 0 Å². The minimum absolute atomic E-state index is 0.266. The number of esters is 1. The fourth-order valence-electron chi connectivity index (χ4n) is 3.98. The molecular formula is C24H24O5. The Kier molecular flexibility index (Phi) is 5.38. The first-order valence-electron chi connectivity index (χ1n) is 10.1. The lowest BCUT2D eigenvalue weighted by Crippen LogP contribution is -2.22. The highest BCUT2D eigenvalue weighted by molar-refractivity contribution is 5.86. The van der Waals surface area contributed by atoms with Crippen molar-refractivity contribution >= 4 is 16.9 Å². The predicted octanol–water partition coefficient (Wildman–Crippen LogP) is 4.66. The second-order valence-electron chi connectivity index (χ2n) is 7.28. The molecule has 5 nitrogen and oxygen atoms in total. The second-order valence-corrected chi connectivity index (χ2v) is 7.28. The van der Waals surface area contributed by atoms with Crippen LogP contribution in [0.3, 0.4) is 0 Å². The van der Waals surface area contributed by atoms with Crippen molar-refractivity contribution < 1.29 is 18.7 Å². The largest absolute Gasteiger partial charge is 0.474 e. The van der Waals surface area contributed by atoms with Gasteiger partial charge in [0.05, 0.1) is 6.61 Å². The third kappa shape index (κ3) is 3.65. The number of aryl methyl sites for hydroxylation is 2. The van der Waals surface area contributed by atoms with Crippen molar-refractivity contribution in [3.05, 3.63) is 75.1 Å². The lowest BCUT2D eigenvalue weighted by Gasteiger charge is -2.21. The zero-order valence-corrected chi connectivity index (χ0v) is 16.7. The fraction of sp³-hybridized carbons (Fsp3) is 0.333. The Bertz CT molecular complexity index is 1100. The number of carbonyl (C=O) groups is 1. The molecule has 5 heteroatoms. The molecule has 0 radical (unpaired) electrons. The summed E-state index contributed by atoms with van der Waals surface area (Å²) in [5, 5.41) is 0.955. The molecule has 0 bridgehead atoms. The first-order chi connectivity index (χ1) is 14.1. The molecule has 1 atom stereocenters. The van der Waals surface area contributed by atoms with Crippen LogP contribution < -0.4 is 10.4 Å². The average Bonchev–Trinajstić information content (AvgIpc) is 2.75. The Hall–Kier alpha value is -3.08. The summed E-state index contributed by atoms with van der Waals surface area (Å²) in [6.45, 7) is 3.88. The molecule has 3 aromatic rings. The molecule has 0 saturated heterocycles. The molecule has 0 spiro atoms. The van der Waals surface area contributed by atoms with Gasteiger partial charge in [-0.15, -0.1) is 0 Å². The quantitative estimate of drug-likeness (QED) is 0.467. The third-order valence-corrected chi connectivity index (χ3v) is 5.44. The van der Waals surface area contributed by atoms with Gasteiger partial charge in [-0.05, 0) is 57.2 Å². The van der Waals surface area contributed by atoms with E-state index in [9.17, 15) is 9.59 Å². The number of benzene rings is 2. The number of hydrogen-bond acceptors (Lipinski definition) is 5. The summed E-state index contributed by atoms with van der Waals surface area (Å²) in [6.07, 6.45) is 2.84. The third-order valence-electron chi connectivity index (χ3n) is 5.44. The van der Waals surface area contributed by atoms with Crippen molar-refractivity contribution in [1.29, 1.82) is 0 Å². The average molecular weight is 392 g/mol. The second kappa shape index (κ2) is 8.11. The molecule has 1 heterocycles. The molecule has 0 fully saturated rings. The Morgan fingerprint density at radius 2 is 1.79 bits per heavy atom. The number of ether oxygens (including phenoxy) is 2. The summed E-state index contributed by atoms with van der Waals surface area (Å²) in [5.41, 5.74) is 3.56. The molecule has 0 amide bonds. The molecule has 0 aliphatic heterocycles. The maximum Gasteiger partial charge on any atom is 0.352 e. The van der Waals surface area contributed by atoms with E-state index in [1.54, 1.807) is 6.92 Å². The lowest BCUT2D eigenvalue weighted by molar-refractivity contribution is -0.151. The van der Waals surface area contributed by atoms with Crippen molar-refractivity contribution in [2.75, 3.05) is 6.61 Å². The molecule has 0 N–H and O–H groups in total. The van der Waals surface area contributed by atoms with E-state index in [1.807, 2.05) is 49.4 Å². The van der Waals surface area contributed by atoms with Crippen molar-refractivity contribution in [2.45, 2.75) is 45.6 Å². The summed E-state index contributed by atoms with van der Waals surface area (Å²) in [4.78, 5) is 25.0. The normalized spacial score (nSPS) is 14.3. The topological polar surface area (TPSA) is 65.7 Å². The van der Waals surface area contributed by atoms with Gasteiger partial charge in [-0.2, -0.15) is 0 Å². The maximum absolute atomic E-state index is 12.5. The molecular weight excluding hydrogens is 368 g/mol. The van der Waals surface area contributed by atoms with Crippen LogP contribution in [-0.2, 0) is 22.4 Å². The Morgan fingerprint density at radius 3 is 2.52 bits per heavy atom. The SMILES string of the molecule is CCOC(=O)[C@H](Oc1ccc2c3c(c(=O)oc2c1C)CCCC3)c1ccccc1. The van der Waals surface area contributed by atoms with Crippen LogP contribution in [0.5, 0.6) is 5.75 Å². The van der Waals surface area contributed by atoms with E-state index in [1.165, 1.54) is 0 Å². The van der Waals surface area contributed by atoms with E-state index in [0.717, 1.165) is 42.2 Å². The highest BCUT2D eigenvalue weighted by atomic mass is 16.6. The van der Waals surface area contributed by atoms with Gasteiger partial charge in [-0.25, -0.2) is 9.59 Å². The summed E-state index contributed by atoms with van der Waals surface area (Å²) >= 11 is 0. The van der Waals surface area contributed by atoms with Gasteiger partial charge in [0, 0.05) is 22.1 Å². The van der Waals surface area contributed by atoms with Gasteiger partial charge in [-0.1, -0.05) is 30.3 Å². The van der Waals surface area contributed by atoms with Crippen LogP contribution in [0, 0.1) is 6.92 Å². The summed E-state index contributed by atoms with van der Waals surface area (Å²) in [5.74, 6) is 0.0448. The zero-order chi connectivity index (χ0) is 20.4. The van der Waals surface area contributed by atoms with Crippen LogP contribution in [0.4, 0.5) is 0 Å². The Morgan fingerprint density at radius 1 is 1.07 bits per heavy atom. The van der Waals surface area contributed by atoms with Crippen LogP contribution in [0.25, 0.3) is 11.0 Å². The minimum Gasteiger partial charge on any atom is -0.474 e.